The molecule has 9 nitrogen and oxygen atoms in total. The molecule has 1 aliphatic heterocycles. The van der Waals surface area contributed by atoms with Crippen molar-refractivity contribution in [2.75, 3.05) is 42.2 Å². The van der Waals surface area contributed by atoms with Gasteiger partial charge in [0, 0.05) is 37.9 Å². The number of hydrogen-bond acceptors (Lipinski definition) is 8. The molecule has 9 heteroatoms. The molecular weight excluding hydrogens is 368 g/mol. The molecule has 156 valence electrons. The molecule has 0 bridgehead atoms. The summed E-state index contributed by atoms with van der Waals surface area (Å²) in [6.45, 7) is 11.0. The van der Waals surface area contributed by atoms with Gasteiger partial charge in [-0.15, -0.1) is 0 Å². The minimum atomic E-state index is -0.478. The molecule has 1 aromatic heterocycles. The van der Waals surface area contributed by atoms with Gasteiger partial charge in [0.25, 0.3) is 0 Å². The monoisotopic (exact) mass is 398 g/mol. The Balaban J connectivity index is 1.92. The van der Waals surface area contributed by atoms with Crippen LogP contribution in [-0.2, 0) is 0 Å². The van der Waals surface area contributed by atoms with Gasteiger partial charge in [0.15, 0.2) is 0 Å². The number of aromatic nitrogens is 3. The fourth-order valence-corrected chi connectivity index (χ4v) is 3.04. The second-order valence-corrected chi connectivity index (χ2v) is 8.72. The van der Waals surface area contributed by atoms with Gasteiger partial charge < -0.3 is 26.6 Å². The second-order valence-electron chi connectivity index (χ2n) is 8.72. The van der Waals surface area contributed by atoms with Crippen molar-refractivity contribution in [1.82, 2.24) is 20.3 Å². The Bertz CT molecular complexity index is 889. The predicted molar refractivity (Wildman–Crippen MR) is 116 cm³/mol. The van der Waals surface area contributed by atoms with Crippen molar-refractivity contribution in [3.63, 3.8) is 0 Å². The molecule has 1 saturated heterocycles. The quantitative estimate of drug-likeness (QED) is 0.558. The molecule has 0 aliphatic carbocycles. The fraction of sp³-hybridized carbons (Fsp3) is 0.500. The van der Waals surface area contributed by atoms with E-state index >= 15 is 0 Å². The van der Waals surface area contributed by atoms with Gasteiger partial charge >= 0.3 is 0 Å². The molecule has 0 radical (unpaired) electrons. The minimum Gasteiger partial charge on any atom is -0.366 e. The molecule has 0 saturated carbocycles. The molecule has 0 spiro atoms. The van der Waals surface area contributed by atoms with Crippen LogP contribution in [-0.4, -0.2) is 53.6 Å². The molecule has 2 heterocycles. The number of rotatable bonds is 7. The van der Waals surface area contributed by atoms with Gasteiger partial charge in [0.1, 0.15) is 0 Å². The van der Waals surface area contributed by atoms with Crippen LogP contribution in [0.2, 0.25) is 0 Å². The zero-order valence-corrected chi connectivity index (χ0v) is 17.7. The van der Waals surface area contributed by atoms with E-state index in [0.717, 1.165) is 30.9 Å². The number of primary amides is 1. The van der Waals surface area contributed by atoms with E-state index in [4.69, 9.17) is 5.73 Å². The van der Waals surface area contributed by atoms with Crippen molar-refractivity contribution >= 4 is 29.4 Å². The SMILES string of the molecule is Cc1ccc(C(N)=O)cc1Nc1nc(NC2CNC2)nc(N(C)CC(C)(C)C)n1. The van der Waals surface area contributed by atoms with E-state index in [2.05, 4.69) is 51.7 Å². The maximum atomic E-state index is 11.5. The number of benzene rings is 1. The van der Waals surface area contributed by atoms with Crippen molar-refractivity contribution in [1.29, 1.82) is 0 Å². The van der Waals surface area contributed by atoms with E-state index in [1.54, 1.807) is 12.1 Å². The average Bonchev–Trinajstić information content (AvgIpc) is 2.58. The second kappa shape index (κ2) is 8.20. The summed E-state index contributed by atoms with van der Waals surface area (Å²) < 4.78 is 0. The smallest absolute Gasteiger partial charge is 0.248 e. The summed E-state index contributed by atoms with van der Waals surface area (Å²) in [6, 6.07) is 5.55. The van der Waals surface area contributed by atoms with E-state index in [9.17, 15) is 4.79 Å². The first-order valence-corrected chi connectivity index (χ1v) is 9.73. The number of nitrogens with one attached hydrogen (secondary N) is 3. The first kappa shape index (κ1) is 20.8. The van der Waals surface area contributed by atoms with Crippen LogP contribution >= 0.6 is 0 Å². The zero-order chi connectivity index (χ0) is 21.2. The summed E-state index contributed by atoms with van der Waals surface area (Å²) in [5, 5.41) is 9.79. The van der Waals surface area contributed by atoms with Gasteiger partial charge in [-0.2, -0.15) is 15.0 Å². The van der Waals surface area contributed by atoms with Crippen LogP contribution < -0.4 is 26.6 Å². The standard InChI is InChI=1S/C20H30N8O/c1-12-6-7-13(16(21)29)8-15(12)24-18-25-17(23-14-9-22-10-14)26-19(27-18)28(5)11-20(2,3)4/h6-8,14,22H,9-11H2,1-5H3,(H2,21,29)(H2,23,24,25,26,27). The number of carbonyl (C=O) groups excluding carboxylic acids is 1. The Morgan fingerprint density at radius 3 is 2.52 bits per heavy atom. The lowest BCUT2D eigenvalue weighted by atomic mass is 9.96. The topological polar surface area (TPSA) is 121 Å². The largest absolute Gasteiger partial charge is 0.366 e. The van der Waals surface area contributed by atoms with Crippen LogP contribution in [0.15, 0.2) is 18.2 Å². The number of aryl methyl sites for hydroxylation is 1. The Kier molecular flexibility index (Phi) is 5.88. The van der Waals surface area contributed by atoms with E-state index in [0.29, 0.717) is 29.5 Å². The Hall–Kier alpha value is -2.94. The highest BCUT2D eigenvalue weighted by Gasteiger charge is 2.21. The molecule has 3 rings (SSSR count). The molecule has 0 atom stereocenters. The van der Waals surface area contributed by atoms with E-state index in [1.165, 1.54) is 0 Å². The van der Waals surface area contributed by atoms with Crippen molar-refractivity contribution in [2.45, 2.75) is 33.7 Å². The predicted octanol–water partition coefficient (Wildman–Crippen LogP) is 1.89. The van der Waals surface area contributed by atoms with Crippen molar-refractivity contribution < 1.29 is 4.79 Å². The normalized spacial score (nSPS) is 14.2. The molecule has 1 aromatic carbocycles. The molecule has 1 aliphatic rings. The Labute approximate surface area is 171 Å². The molecular formula is C20H30N8O. The van der Waals surface area contributed by atoms with Crippen LogP contribution in [0.4, 0.5) is 23.5 Å². The van der Waals surface area contributed by atoms with Crippen LogP contribution in [0.5, 0.6) is 0 Å². The number of amides is 1. The van der Waals surface area contributed by atoms with E-state index in [1.807, 2.05) is 24.9 Å². The summed E-state index contributed by atoms with van der Waals surface area (Å²) in [6.07, 6.45) is 0. The summed E-state index contributed by atoms with van der Waals surface area (Å²) >= 11 is 0. The van der Waals surface area contributed by atoms with Crippen LogP contribution in [0.1, 0.15) is 36.7 Å². The number of hydrogen-bond donors (Lipinski definition) is 4. The maximum absolute atomic E-state index is 11.5. The lowest BCUT2D eigenvalue weighted by molar-refractivity contribution is 0.100. The third-order valence-electron chi connectivity index (χ3n) is 4.56. The van der Waals surface area contributed by atoms with Crippen LogP contribution in [0.3, 0.4) is 0 Å². The van der Waals surface area contributed by atoms with E-state index in [-0.39, 0.29) is 5.41 Å². The summed E-state index contributed by atoms with van der Waals surface area (Å²) in [7, 11) is 1.97. The molecule has 0 unspecified atom stereocenters. The first-order valence-electron chi connectivity index (χ1n) is 9.73. The third-order valence-corrected chi connectivity index (χ3v) is 4.56. The number of anilines is 4. The molecule has 5 N–H and O–H groups in total. The molecule has 1 fully saturated rings. The Morgan fingerprint density at radius 2 is 1.93 bits per heavy atom. The number of carbonyl (C=O) groups is 1. The summed E-state index contributed by atoms with van der Waals surface area (Å²) in [4.78, 5) is 27.3. The number of nitrogens with two attached hydrogens (primary N) is 1. The minimum absolute atomic E-state index is 0.0901. The summed E-state index contributed by atoms with van der Waals surface area (Å²) in [5.41, 5.74) is 7.62. The van der Waals surface area contributed by atoms with Crippen molar-refractivity contribution in [3.8, 4) is 0 Å². The van der Waals surface area contributed by atoms with E-state index < -0.39 is 5.91 Å². The lowest BCUT2D eigenvalue weighted by Gasteiger charge is -2.29. The first-order chi connectivity index (χ1) is 13.6. The highest BCUT2D eigenvalue weighted by Crippen LogP contribution is 2.24. The lowest BCUT2D eigenvalue weighted by Crippen LogP contribution is -2.51. The van der Waals surface area contributed by atoms with Crippen LogP contribution in [0.25, 0.3) is 0 Å². The van der Waals surface area contributed by atoms with Gasteiger partial charge in [-0.1, -0.05) is 26.8 Å². The molecule has 1 amide bonds. The maximum Gasteiger partial charge on any atom is 0.248 e. The van der Waals surface area contributed by atoms with Gasteiger partial charge in [-0.25, -0.2) is 0 Å². The highest BCUT2D eigenvalue weighted by molar-refractivity contribution is 5.94. The zero-order valence-electron chi connectivity index (χ0n) is 17.7. The molecule has 29 heavy (non-hydrogen) atoms. The summed E-state index contributed by atoms with van der Waals surface area (Å²) in [5.74, 6) is 1.04. The van der Waals surface area contributed by atoms with Crippen molar-refractivity contribution in [3.05, 3.63) is 29.3 Å². The fourth-order valence-electron chi connectivity index (χ4n) is 3.04. The number of nitrogens with zero attached hydrogens (tertiary/aromatic N) is 4. The average molecular weight is 399 g/mol. The third kappa shape index (κ3) is 5.54. The Morgan fingerprint density at radius 1 is 1.24 bits per heavy atom. The van der Waals surface area contributed by atoms with Gasteiger partial charge in [-0.05, 0) is 30.0 Å². The van der Waals surface area contributed by atoms with Gasteiger partial charge in [0.05, 0.1) is 6.04 Å². The highest BCUT2D eigenvalue weighted by atomic mass is 16.1. The van der Waals surface area contributed by atoms with Gasteiger partial charge in [-0.3, -0.25) is 4.79 Å². The van der Waals surface area contributed by atoms with Gasteiger partial charge in [0.2, 0.25) is 23.8 Å². The van der Waals surface area contributed by atoms with Crippen molar-refractivity contribution in [2.24, 2.45) is 11.1 Å². The van der Waals surface area contributed by atoms with Crippen LogP contribution in [0, 0.1) is 12.3 Å². The molecule has 2 aromatic rings.